The topological polar surface area (TPSA) is 167 Å². The summed E-state index contributed by atoms with van der Waals surface area (Å²) in [6.45, 7) is -3.25. The van der Waals surface area contributed by atoms with Gasteiger partial charge in [-0.3, -0.25) is 9.80 Å². The van der Waals surface area contributed by atoms with E-state index in [1.54, 1.807) is 0 Å². The Morgan fingerprint density at radius 2 is 0.708 bits per heavy atom. The average molecular weight is 414 g/mol. The third kappa shape index (κ3) is 24.3. The van der Waals surface area contributed by atoms with Gasteiger partial charge in [0.1, 0.15) is 0 Å². The van der Waals surface area contributed by atoms with Crippen molar-refractivity contribution < 1.29 is 98.7 Å². The molecule has 0 bridgehead atoms. The molecule has 0 atom stereocenters. The summed E-state index contributed by atoms with van der Waals surface area (Å²) in [6.07, 6.45) is 0. The fraction of sp³-hybridized carbons (Fsp3) is 0.600. The molecule has 0 amide bonds. The van der Waals surface area contributed by atoms with E-state index in [1.165, 1.54) is 0 Å². The molecular formula is C10H12Ca2N2Na2O8+2. The number of hydrogen-bond acceptors (Lipinski definition) is 10. The van der Waals surface area contributed by atoms with E-state index in [0.29, 0.717) is 0 Å². The van der Waals surface area contributed by atoms with Crippen LogP contribution in [0.2, 0.25) is 0 Å². The number of aliphatic carboxylic acids is 4. The van der Waals surface area contributed by atoms with Crippen LogP contribution >= 0.6 is 0 Å². The zero-order valence-electron chi connectivity index (χ0n) is 13.8. The molecular weight excluding hydrogens is 402 g/mol. The van der Waals surface area contributed by atoms with Gasteiger partial charge in [0.05, 0.1) is 23.9 Å². The molecule has 0 unspecified atom stereocenters. The molecule has 0 aliphatic heterocycles. The van der Waals surface area contributed by atoms with Gasteiger partial charge in [0.2, 0.25) is 0 Å². The summed E-state index contributed by atoms with van der Waals surface area (Å²) in [6, 6.07) is 0. The fourth-order valence-corrected chi connectivity index (χ4v) is 1.44. The van der Waals surface area contributed by atoms with E-state index in [4.69, 9.17) is 0 Å². The summed E-state index contributed by atoms with van der Waals surface area (Å²) in [5, 5.41) is 41.6. The minimum atomic E-state index is -1.53. The Bertz CT molecular complexity index is 335. The largest absolute Gasteiger partial charge is 2.00 e. The van der Waals surface area contributed by atoms with Crippen LogP contribution in [-0.2, 0) is 19.2 Å². The zero-order valence-corrected chi connectivity index (χ0v) is 22.2. The van der Waals surface area contributed by atoms with Crippen molar-refractivity contribution in [1.29, 1.82) is 0 Å². The SMILES string of the molecule is O=C([O-])CN(CCN(CC(=O)[O-])CC(=O)[O-])CC(=O)[O-].[Ca+2].[Ca+2].[Na+].[Na+]. The van der Waals surface area contributed by atoms with Crippen molar-refractivity contribution in [1.82, 2.24) is 9.80 Å². The Labute approximate surface area is 242 Å². The van der Waals surface area contributed by atoms with Crippen molar-refractivity contribution in [3.05, 3.63) is 0 Å². The summed E-state index contributed by atoms with van der Waals surface area (Å²) in [5.41, 5.74) is 0. The van der Waals surface area contributed by atoms with Gasteiger partial charge in [0, 0.05) is 39.3 Å². The van der Waals surface area contributed by atoms with Crippen LogP contribution in [0, 0.1) is 0 Å². The van der Waals surface area contributed by atoms with Gasteiger partial charge in [-0.2, -0.15) is 0 Å². The summed E-state index contributed by atoms with van der Waals surface area (Å²) < 4.78 is 0. The van der Waals surface area contributed by atoms with Crippen LogP contribution in [-0.4, -0.2) is 148 Å². The maximum Gasteiger partial charge on any atom is 2.00 e. The van der Waals surface area contributed by atoms with Crippen LogP contribution < -0.4 is 79.5 Å². The quantitative estimate of drug-likeness (QED) is 0.296. The number of carbonyl (C=O) groups excluding carboxylic acids is 4. The van der Waals surface area contributed by atoms with Gasteiger partial charge in [-0.1, -0.05) is 0 Å². The number of carboxylic acids is 4. The summed E-state index contributed by atoms with van der Waals surface area (Å²) in [5.74, 6) is -6.12. The average Bonchev–Trinajstić information content (AvgIpc) is 2.22. The Morgan fingerprint density at radius 1 is 0.542 bits per heavy atom. The molecule has 0 N–H and O–H groups in total. The Balaban J connectivity index is -0.000000301. The first-order valence-electron chi connectivity index (χ1n) is 5.44. The third-order valence-electron chi connectivity index (χ3n) is 2.14. The van der Waals surface area contributed by atoms with Crippen LogP contribution in [0.25, 0.3) is 0 Å². The summed E-state index contributed by atoms with van der Waals surface area (Å²) in [7, 11) is 0. The molecule has 0 radical (unpaired) electrons. The smallest absolute Gasteiger partial charge is 0.549 e. The molecule has 0 saturated carbocycles. The molecule has 0 heterocycles. The Kier molecular flexibility index (Phi) is 33.4. The number of carbonyl (C=O) groups is 4. The summed E-state index contributed by atoms with van der Waals surface area (Å²) in [4.78, 5) is 43.4. The van der Waals surface area contributed by atoms with E-state index in [2.05, 4.69) is 0 Å². The van der Waals surface area contributed by atoms with E-state index in [0.717, 1.165) is 9.80 Å². The second-order valence-corrected chi connectivity index (χ2v) is 3.91. The number of hydrogen-bond donors (Lipinski definition) is 0. The molecule has 0 aromatic rings. The van der Waals surface area contributed by atoms with Crippen molar-refractivity contribution in [3.63, 3.8) is 0 Å². The first kappa shape index (κ1) is 37.1. The Morgan fingerprint density at radius 3 is 0.833 bits per heavy atom. The van der Waals surface area contributed by atoms with E-state index in [9.17, 15) is 39.6 Å². The molecule has 0 fully saturated rings. The van der Waals surface area contributed by atoms with Gasteiger partial charge >= 0.3 is 135 Å². The molecule has 114 valence electrons. The molecule has 10 nitrogen and oxygen atoms in total. The zero-order chi connectivity index (χ0) is 15.7. The second-order valence-electron chi connectivity index (χ2n) is 3.91. The van der Waals surface area contributed by atoms with E-state index in [-0.39, 0.29) is 148 Å². The number of nitrogens with zero attached hydrogens (tertiary/aromatic N) is 2. The standard InChI is InChI=1S/C10H16N2O8.2Ca.2Na/c13-7(14)3-11(4-8(15)16)1-2-12(5-9(17)18)6-10(19)20;;;;/h1-6H2,(H,13,14)(H,15,16)(H,17,18)(H,19,20);;;;/q;2*+2;2*+1/p-4. The minimum absolute atomic E-state index is 0. The maximum atomic E-state index is 10.4. The Hall–Kier alpha value is 2.32. The van der Waals surface area contributed by atoms with Crippen LogP contribution in [0.3, 0.4) is 0 Å². The van der Waals surface area contributed by atoms with Crippen LogP contribution in [0.15, 0.2) is 0 Å². The van der Waals surface area contributed by atoms with Crippen molar-refractivity contribution in [3.8, 4) is 0 Å². The van der Waals surface area contributed by atoms with Crippen molar-refractivity contribution in [2.75, 3.05) is 39.3 Å². The first-order valence-corrected chi connectivity index (χ1v) is 5.44. The monoisotopic (exact) mass is 414 g/mol. The molecule has 0 saturated heterocycles. The van der Waals surface area contributed by atoms with Gasteiger partial charge in [-0.25, -0.2) is 0 Å². The normalized spacial score (nSPS) is 8.92. The molecule has 0 rings (SSSR count). The second kappa shape index (κ2) is 21.6. The van der Waals surface area contributed by atoms with Crippen LogP contribution in [0.1, 0.15) is 0 Å². The van der Waals surface area contributed by atoms with Gasteiger partial charge < -0.3 is 39.6 Å². The molecule has 0 aromatic carbocycles. The van der Waals surface area contributed by atoms with Gasteiger partial charge in [0.25, 0.3) is 0 Å². The predicted molar refractivity (Wildman–Crippen MR) is 64.4 cm³/mol. The van der Waals surface area contributed by atoms with Crippen molar-refractivity contribution in [2.45, 2.75) is 0 Å². The molecule has 0 aromatic heterocycles. The first-order chi connectivity index (χ1) is 9.20. The predicted octanol–water partition coefficient (Wildman–Crippen LogP) is -14.2. The molecule has 0 aliphatic rings. The van der Waals surface area contributed by atoms with Gasteiger partial charge in [-0.05, 0) is 0 Å². The van der Waals surface area contributed by atoms with Crippen LogP contribution in [0.5, 0.6) is 0 Å². The van der Waals surface area contributed by atoms with Gasteiger partial charge in [-0.15, -0.1) is 0 Å². The molecule has 0 aliphatic carbocycles. The van der Waals surface area contributed by atoms with E-state index < -0.39 is 50.1 Å². The third-order valence-corrected chi connectivity index (χ3v) is 2.14. The number of rotatable bonds is 11. The molecule has 0 spiro atoms. The minimum Gasteiger partial charge on any atom is -0.549 e. The van der Waals surface area contributed by atoms with Crippen LogP contribution in [0.4, 0.5) is 0 Å². The summed E-state index contributed by atoms with van der Waals surface area (Å²) >= 11 is 0. The molecule has 14 heteroatoms. The number of carboxylic acid groups (broad SMARTS) is 4. The molecule has 24 heavy (non-hydrogen) atoms. The van der Waals surface area contributed by atoms with Gasteiger partial charge in [0.15, 0.2) is 0 Å². The maximum absolute atomic E-state index is 10.4. The van der Waals surface area contributed by atoms with E-state index in [1.807, 2.05) is 0 Å². The van der Waals surface area contributed by atoms with Crippen molar-refractivity contribution in [2.24, 2.45) is 0 Å². The van der Waals surface area contributed by atoms with E-state index >= 15 is 0 Å². The fourth-order valence-electron chi connectivity index (χ4n) is 1.44. The van der Waals surface area contributed by atoms with Crippen molar-refractivity contribution >= 4 is 99.4 Å².